The molecular weight excluding hydrogens is 234 g/mol. The predicted molar refractivity (Wildman–Crippen MR) is 68.1 cm³/mol. The Bertz CT molecular complexity index is 288. The van der Waals surface area contributed by atoms with Gasteiger partial charge < -0.3 is 20.7 Å². The predicted octanol–water partition coefficient (Wildman–Crippen LogP) is -0.606. The summed E-state index contributed by atoms with van der Waals surface area (Å²) in [5, 5.41) is 8.54. The maximum atomic E-state index is 11.8. The molecule has 1 aliphatic rings. The van der Waals surface area contributed by atoms with Gasteiger partial charge in [-0.05, 0) is 26.3 Å². The van der Waals surface area contributed by atoms with E-state index in [0.717, 1.165) is 13.0 Å². The van der Waals surface area contributed by atoms with Crippen LogP contribution in [0.1, 0.15) is 26.7 Å². The minimum Gasteiger partial charge on any atom is -0.366 e. The monoisotopic (exact) mass is 257 g/mol. The zero-order chi connectivity index (χ0) is 13.5. The van der Waals surface area contributed by atoms with Crippen molar-refractivity contribution in [2.24, 2.45) is 0 Å². The van der Waals surface area contributed by atoms with E-state index >= 15 is 0 Å². The molecule has 3 atom stereocenters. The first-order valence-electron chi connectivity index (χ1n) is 6.45. The Morgan fingerprint density at radius 3 is 2.61 bits per heavy atom. The van der Waals surface area contributed by atoms with Crippen LogP contribution in [0.5, 0.6) is 0 Å². The summed E-state index contributed by atoms with van der Waals surface area (Å²) >= 11 is 0. The molecule has 104 valence electrons. The summed E-state index contributed by atoms with van der Waals surface area (Å²) < 4.78 is 5.44. The van der Waals surface area contributed by atoms with E-state index in [-0.39, 0.29) is 30.0 Å². The SMILES string of the molecule is CCN[C@H](C)C(=O)N[C@@H]1CC[C@@H](C(=O)NC)OC1. The van der Waals surface area contributed by atoms with E-state index in [1.54, 1.807) is 7.05 Å². The minimum atomic E-state index is -0.380. The Morgan fingerprint density at radius 1 is 1.39 bits per heavy atom. The van der Waals surface area contributed by atoms with E-state index in [9.17, 15) is 9.59 Å². The highest BCUT2D eigenvalue weighted by atomic mass is 16.5. The number of likely N-dealkylation sites (N-methyl/N-ethyl adjacent to an activating group) is 2. The highest BCUT2D eigenvalue weighted by Gasteiger charge is 2.27. The fraction of sp³-hybridized carbons (Fsp3) is 0.833. The Labute approximate surface area is 108 Å². The van der Waals surface area contributed by atoms with Crippen LogP contribution in [0.2, 0.25) is 0 Å². The minimum absolute atomic E-state index is 0.000452. The van der Waals surface area contributed by atoms with Crippen LogP contribution in [0.25, 0.3) is 0 Å². The third-order valence-electron chi connectivity index (χ3n) is 3.06. The van der Waals surface area contributed by atoms with Crippen molar-refractivity contribution in [2.45, 2.75) is 44.9 Å². The number of ether oxygens (including phenoxy) is 1. The molecule has 2 amide bonds. The zero-order valence-corrected chi connectivity index (χ0v) is 11.3. The summed E-state index contributed by atoms with van der Waals surface area (Å²) in [5.41, 5.74) is 0. The highest BCUT2D eigenvalue weighted by molar-refractivity contribution is 5.82. The molecule has 0 aromatic carbocycles. The van der Waals surface area contributed by atoms with Gasteiger partial charge in [-0.15, -0.1) is 0 Å². The molecule has 0 saturated carbocycles. The average molecular weight is 257 g/mol. The molecule has 0 unspecified atom stereocenters. The van der Waals surface area contributed by atoms with Gasteiger partial charge in [-0.25, -0.2) is 0 Å². The largest absolute Gasteiger partial charge is 0.366 e. The zero-order valence-electron chi connectivity index (χ0n) is 11.3. The molecule has 1 heterocycles. The van der Waals surface area contributed by atoms with E-state index in [0.29, 0.717) is 13.0 Å². The third-order valence-corrected chi connectivity index (χ3v) is 3.06. The molecule has 0 aromatic heterocycles. The van der Waals surface area contributed by atoms with E-state index in [1.807, 2.05) is 13.8 Å². The van der Waals surface area contributed by atoms with Gasteiger partial charge >= 0.3 is 0 Å². The second-order valence-electron chi connectivity index (χ2n) is 4.50. The summed E-state index contributed by atoms with van der Waals surface area (Å²) in [6, 6.07) is -0.203. The van der Waals surface area contributed by atoms with E-state index in [4.69, 9.17) is 4.74 Å². The van der Waals surface area contributed by atoms with Gasteiger partial charge in [0.05, 0.1) is 18.7 Å². The number of rotatable bonds is 5. The number of carbonyl (C=O) groups is 2. The number of amides is 2. The van der Waals surface area contributed by atoms with Crippen molar-refractivity contribution in [3.8, 4) is 0 Å². The van der Waals surface area contributed by atoms with E-state index in [2.05, 4.69) is 16.0 Å². The van der Waals surface area contributed by atoms with E-state index < -0.39 is 0 Å². The molecule has 1 saturated heterocycles. The lowest BCUT2D eigenvalue weighted by atomic mass is 10.0. The molecule has 0 radical (unpaired) electrons. The number of hydrogen-bond acceptors (Lipinski definition) is 4. The van der Waals surface area contributed by atoms with Crippen molar-refractivity contribution in [1.82, 2.24) is 16.0 Å². The van der Waals surface area contributed by atoms with Crippen molar-refractivity contribution >= 4 is 11.8 Å². The molecule has 3 N–H and O–H groups in total. The van der Waals surface area contributed by atoms with Gasteiger partial charge in [0.2, 0.25) is 11.8 Å². The molecule has 1 fully saturated rings. The second-order valence-corrected chi connectivity index (χ2v) is 4.50. The number of hydrogen-bond donors (Lipinski definition) is 3. The van der Waals surface area contributed by atoms with Gasteiger partial charge in [0.1, 0.15) is 6.10 Å². The van der Waals surface area contributed by atoms with Gasteiger partial charge in [-0.3, -0.25) is 9.59 Å². The molecule has 18 heavy (non-hydrogen) atoms. The van der Waals surface area contributed by atoms with Crippen LogP contribution in [-0.4, -0.2) is 50.2 Å². The van der Waals surface area contributed by atoms with E-state index in [1.165, 1.54) is 0 Å². The standard InChI is InChI=1S/C12H23N3O3/c1-4-14-8(2)11(16)15-9-5-6-10(18-7-9)12(17)13-3/h8-10,14H,4-7H2,1-3H3,(H,13,17)(H,15,16)/t8-,9-,10+/m1/s1. The summed E-state index contributed by atoms with van der Waals surface area (Å²) in [7, 11) is 1.59. The van der Waals surface area contributed by atoms with Gasteiger partial charge in [0.25, 0.3) is 0 Å². The summed E-state index contributed by atoms with van der Waals surface area (Å²) in [5.74, 6) is -0.121. The van der Waals surface area contributed by atoms with Crippen LogP contribution >= 0.6 is 0 Å². The Balaban J connectivity index is 2.31. The fourth-order valence-electron chi connectivity index (χ4n) is 1.96. The fourth-order valence-corrected chi connectivity index (χ4v) is 1.96. The molecule has 0 aromatic rings. The lowest BCUT2D eigenvalue weighted by molar-refractivity contribution is -0.136. The van der Waals surface area contributed by atoms with Gasteiger partial charge in [-0.2, -0.15) is 0 Å². The molecule has 1 aliphatic heterocycles. The van der Waals surface area contributed by atoms with Crippen molar-refractivity contribution in [3.63, 3.8) is 0 Å². The summed E-state index contributed by atoms with van der Waals surface area (Å²) in [4.78, 5) is 23.1. The molecule has 0 spiro atoms. The van der Waals surface area contributed by atoms with Crippen LogP contribution in [-0.2, 0) is 14.3 Å². The average Bonchev–Trinajstić information content (AvgIpc) is 2.39. The molecular formula is C12H23N3O3. The summed E-state index contributed by atoms with van der Waals surface area (Å²) in [6.07, 6.45) is 1.03. The van der Waals surface area contributed by atoms with Crippen molar-refractivity contribution in [1.29, 1.82) is 0 Å². The maximum Gasteiger partial charge on any atom is 0.248 e. The van der Waals surface area contributed by atoms with Gasteiger partial charge in [0.15, 0.2) is 0 Å². The highest BCUT2D eigenvalue weighted by Crippen LogP contribution is 2.13. The lowest BCUT2D eigenvalue weighted by Crippen LogP contribution is -2.51. The van der Waals surface area contributed by atoms with Crippen molar-refractivity contribution in [3.05, 3.63) is 0 Å². The Morgan fingerprint density at radius 2 is 2.11 bits per heavy atom. The molecule has 6 nitrogen and oxygen atoms in total. The third kappa shape index (κ3) is 4.27. The summed E-state index contributed by atoms with van der Waals surface area (Å²) in [6.45, 7) is 4.94. The molecule has 0 aliphatic carbocycles. The first-order valence-corrected chi connectivity index (χ1v) is 6.45. The van der Waals surface area contributed by atoms with Crippen LogP contribution < -0.4 is 16.0 Å². The first-order chi connectivity index (χ1) is 8.58. The second kappa shape index (κ2) is 7.33. The maximum absolute atomic E-state index is 11.8. The normalized spacial score (nSPS) is 25.3. The first kappa shape index (κ1) is 14.9. The lowest BCUT2D eigenvalue weighted by Gasteiger charge is -2.29. The smallest absolute Gasteiger partial charge is 0.248 e. The topological polar surface area (TPSA) is 79.5 Å². The van der Waals surface area contributed by atoms with Gasteiger partial charge in [-0.1, -0.05) is 6.92 Å². The van der Waals surface area contributed by atoms with Crippen LogP contribution in [0.15, 0.2) is 0 Å². The molecule has 6 heteroatoms. The van der Waals surface area contributed by atoms with Crippen molar-refractivity contribution < 1.29 is 14.3 Å². The molecule has 0 bridgehead atoms. The Kier molecular flexibility index (Phi) is 6.07. The van der Waals surface area contributed by atoms with Crippen molar-refractivity contribution in [2.75, 3.05) is 20.2 Å². The Hall–Kier alpha value is -1.14. The van der Waals surface area contributed by atoms with Crippen LogP contribution in [0.3, 0.4) is 0 Å². The van der Waals surface area contributed by atoms with Crippen LogP contribution in [0, 0.1) is 0 Å². The quantitative estimate of drug-likeness (QED) is 0.614. The molecule has 1 rings (SSSR count). The van der Waals surface area contributed by atoms with Gasteiger partial charge in [0, 0.05) is 7.05 Å². The van der Waals surface area contributed by atoms with Crippen LogP contribution in [0.4, 0.5) is 0 Å². The number of nitrogens with one attached hydrogen (secondary N) is 3. The number of carbonyl (C=O) groups excluding carboxylic acids is 2.